The number of hydrogen-bond donors (Lipinski definition) is 1. The number of aryl methyl sites for hydroxylation is 1. The molecule has 1 atom stereocenters. The van der Waals surface area contributed by atoms with E-state index in [0.29, 0.717) is 6.54 Å². The summed E-state index contributed by atoms with van der Waals surface area (Å²) in [5, 5.41) is 0. The lowest BCUT2D eigenvalue weighted by molar-refractivity contribution is 0.0706. The highest BCUT2D eigenvalue weighted by molar-refractivity contribution is 5.94. The minimum atomic E-state index is 0.0901. The molecular weight excluding hydrogens is 326 g/mol. The number of H-pyrrole nitrogens is 1. The Morgan fingerprint density at radius 2 is 2.08 bits per heavy atom. The van der Waals surface area contributed by atoms with Crippen LogP contribution in [-0.4, -0.2) is 43.8 Å². The fraction of sp³-hybridized carbons (Fsp3) is 0.300. The number of likely N-dealkylation sites (tertiary alicyclic amines) is 1. The van der Waals surface area contributed by atoms with Crippen LogP contribution in [0.2, 0.25) is 0 Å². The highest BCUT2D eigenvalue weighted by Crippen LogP contribution is 2.28. The Bertz CT molecular complexity index is 892. The lowest BCUT2D eigenvalue weighted by atomic mass is 9.93. The van der Waals surface area contributed by atoms with Crippen molar-refractivity contribution in [2.45, 2.75) is 25.7 Å². The van der Waals surface area contributed by atoms with E-state index in [0.717, 1.165) is 48.0 Å². The molecule has 2 aromatic heterocycles. The maximum atomic E-state index is 12.8. The molecule has 1 N–H and O–H groups in total. The molecule has 0 bridgehead atoms. The predicted molar refractivity (Wildman–Crippen MR) is 98.7 cm³/mol. The van der Waals surface area contributed by atoms with Crippen LogP contribution in [0.25, 0.3) is 11.5 Å². The number of piperidine rings is 1. The summed E-state index contributed by atoms with van der Waals surface area (Å²) in [7, 11) is 0. The number of carbonyl (C=O) groups is 1. The molecule has 6 nitrogen and oxygen atoms in total. The molecule has 0 spiro atoms. The third-order valence-corrected chi connectivity index (χ3v) is 4.75. The van der Waals surface area contributed by atoms with Crippen molar-refractivity contribution in [3.8, 4) is 11.5 Å². The molecular formula is C20H21N5O. The molecule has 0 aliphatic carbocycles. The first-order chi connectivity index (χ1) is 12.7. The number of rotatable bonds is 3. The largest absolute Gasteiger partial charge is 0.343 e. The number of amides is 1. The lowest BCUT2D eigenvalue weighted by Gasteiger charge is -2.32. The number of hydrogen-bond acceptors (Lipinski definition) is 4. The highest BCUT2D eigenvalue weighted by Gasteiger charge is 2.27. The van der Waals surface area contributed by atoms with E-state index in [1.54, 1.807) is 12.4 Å². The van der Waals surface area contributed by atoms with Gasteiger partial charge in [0.2, 0.25) is 0 Å². The van der Waals surface area contributed by atoms with Crippen LogP contribution in [0.15, 0.2) is 48.8 Å². The van der Waals surface area contributed by atoms with Crippen molar-refractivity contribution in [1.29, 1.82) is 0 Å². The van der Waals surface area contributed by atoms with E-state index in [1.165, 1.54) is 0 Å². The Kier molecular flexibility index (Phi) is 4.48. The first-order valence-electron chi connectivity index (χ1n) is 8.90. The molecule has 1 saturated heterocycles. The van der Waals surface area contributed by atoms with Crippen LogP contribution >= 0.6 is 0 Å². The third kappa shape index (κ3) is 3.35. The van der Waals surface area contributed by atoms with Gasteiger partial charge in [0.25, 0.3) is 5.91 Å². The van der Waals surface area contributed by atoms with E-state index in [4.69, 9.17) is 0 Å². The van der Waals surface area contributed by atoms with Gasteiger partial charge in [0, 0.05) is 42.7 Å². The Morgan fingerprint density at radius 1 is 1.23 bits per heavy atom. The van der Waals surface area contributed by atoms with Gasteiger partial charge in [-0.05, 0) is 38.0 Å². The molecule has 1 aliphatic rings. The minimum Gasteiger partial charge on any atom is -0.343 e. The van der Waals surface area contributed by atoms with Gasteiger partial charge in [0.1, 0.15) is 11.5 Å². The van der Waals surface area contributed by atoms with Crippen molar-refractivity contribution < 1.29 is 4.79 Å². The maximum Gasteiger partial charge on any atom is 0.253 e. The van der Waals surface area contributed by atoms with Gasteiger partial charge in [-0.15, -0.1) is 0 Å². The summed E-state index contributed by atoms with van der Waals surface area (Å²) >= 11 is 0. The Labute approximate surface area is 152 Å². The SMILES string of the molecule is Cc1nc(-c2ncc[nH]2)cc(C2CCCN(C(=O)c3ccccc3)C2)n1. The van der Waals surface area contributed by atoms with Crippen LogP contribution in [0.3, 0.4) is 0 Å². The second-order valence-electron chi connectivity index (χ2n) is 6.62. The average molecular weight is 347 g/mol. The number of nitrogens with zero attached hydrogens (tertiary/aromatic N) is 4. The lowest BCUT2D eigenvalue weighted by Crippen LogP contribution is -2.39. The highest BCUT2D eigenvalue weighted by atomic mass is 16.2. The van der Waals surface area contributed by atoms with Gasteiger partial charge in [0.15, 0.2) is 5.82 Å². The molecule has 1 aromatic carbocycles. The predicted octanol–water partition coefficient (Wildman–Crippen LogP) is 3.19. The fourth-order valence-electron chi connectivity index (χ4n) is 3.49. The maximum absolute atomic E-state index is 12.8. The van der Waals surface area contributed by atoms with E-state index < -0.39 is 0 Å². The molecule has 0 radical (unpaired) electrons. The molecule has 6 heteroatoms. The Morgan fingerprint density at radius 3 is 2.85 bits per heavy atom. The van der Waals surface area contributed by atoms with Crippen molar-refractivity contribution in [2.24, 2.45) is 0 Å². The number of benzene rings is 1. The summed E-state index contributed by atoms with van der Waals surface area (Å²) in [6.07, 6.45) is 5.50. The summed E-state index contributed by atoms with van der Waals surface area (Å²) in [5.41, 5.74) is 2.52. The van der Waals surface area contributed by atoms with Gasteiger partial charge in [0.05, 0.1) is 0 Å². The molecule has 132 valence electrons. The van der Waals surface area contributed by atoms with Gasteiger partial charge in [-0.25, -0.2) is 15.0 Å². The van der Waals surface area contributed by atoms with Crippen LogP contribution in [-0.2, 0) is 0 Å². The first kappa shape index (κ1) is 16.4. The van der Waals surface area contributed by atoms with Gasteiger partial charge in [-0.3, -0.25) is 4.79 Å². The fourth-order valence-corrected chi connectivity index (χ4v) is 3.49. The van der Waals surface area contributed by atoms with Crippen LogP contribution in [0.4, 0.5) is 0 Å². The van der Waals surface area contributed by atoms with Gasteiger partial charge < -0.3 is 9.88 Å². The van der Waals surface area contributed by atoms with Crippen LogP contribution < -0.4 is 0 Å². The monoisotopic (exact) mass is 347 g/mol. The average Bonchev–Trinajstić information content (AvgIpc) is 3.23. The zero-order valence-corrected chi connectivity index (χ0v) is 14.7. The van der Waals surface area contributed by atoms with Gasteiger partial charge in [-0.2, -0.15) is 0 Å². The summed E-state index contributed by atoms with van der Waals surface area (Å²) < 4.78 is 0. The van der Waals surface area contributed by atoms with Crippen LogP contribution in [0, 0.1) is 6.92 Å². The standard InChI is InChI=1S/C20H21N5O/c1-14-23-17(12-18(24-14)19-21-9-10-22-19)16-8-5-11-25(13-16)20(26)15-6-3-2-4-7-15/h2-4,6-7,9-10,12,16H,5,8,11,13H2,1H3,(H,21,22). The van der Waals surface area contributed by atoms with Crippen LogP contribution in [0.5, 0.6) is 0 Å². The summed E-state index contributed by atoms with van der Waals surface area (Å²) in [5.74, 6) is 1.77. The number of imidazole rings is 1. The summed E-state index contributed by atoms with van der Waals surface area (Å²) in [4.78, 5) is 31.2. The molecule has 3 heterocycles. The number of aromatic nitrogens is 4. The molecule has 1 fully saturated rings. The molecule has 1 aliphatic heterocycles. The zero-order chi connectivity index (χ0) is 17.9. The molecule has 0 saturated carbocycles. The number of nitrogens with one attached hydrogen (secondary N) is 1. The molecule has 3 aromatic rings. The van der Waals surface area contributed by atoms with Gasteiger partial charge >= 0.3 is 0 Å². The Balaban J connectivity index is 1.57. The summed E-state index contributed by atoms with van der Waals surface area (Å²) in [6, 6.07) is 11.5. The van der Waals surface area contributed by atoms with E-state index >= 15 is 0 Å². The second kappa shape index (κ2) is 7.07. The van der Waals surface area contributed by atoms with Crippen molar-refractivity contribution in [2.75, 3.05) is 13.1 Å². The molecule has 1 unspecified atom stereocenters. The van der Waals surface area contributed by atoms with Crippen molar-refractivity contribution in [3.63, 3.8) is 0 Å². The molecule has 1 amide bonds. The zero-order valence-electron chi connectivity index (χ0n) is 14.7. The van der Waals surface area contributed by atoms with Crippen molar-refractivity contribution in [1.82, 2.24) is 24.8 Å². The van der Waals surface area contributed by atoms with Gasteiger partial charge in [-0.1, -0.05) is 18.2 Å². The van der Waals surface area contributed by atoms with E-state index in [9.17, 15) is 4.79 Å². The van der Waals surface area contributed by atoms with Crippen molar-refractivity contribution in [3.05, 3.63) is 65.9 Å². The minimum absolute atomic E-state index is 0.0901. The molecule has 26 heavy (non-hydrogen) atoms. The third-order valence-electron chi connectivity index (χ3n) is 4.75. The van der Waals surface area contributed by atoms with Crippen LogP contribution in [0.1, 0.15) is 40.6 Å². The smallest absolute Gasteiger partial charge is 0.253 e. The quantitative estimate of drug-likeness (QED) is 0.789. The normalized spacial score (nSPS) is 17.3. The number of aromatic amines is 1. The number of carbonyl (C=O) groups excluding carboxylic acids is 1. The molecule has 4 rings (SSSR count). The van der Waals surface area contributed by atoms with E-state index in [-0.39, 0.29) is 11.8 Å². The van der Waals surface area contributed by atoms with E-state index in [1.807, 2.05) is 48.2 Å². The van der Waals surface area contributed by atoms with E-state index in [2.05, 4.69) is 19.9 Å². The topological polar surface area (TPSA) is 74.8 Å². The van der Waals surface area contributed by atoms with Crippen molar-refractivity contribution >= 4 is 5.91 Å². The second-order valence-corrected chi connectivity index (χ2v) is 6.62. The summed E-state index contributed by atoms with van der Waals surface area (Å²) in [6.45, 7) is 3.37. The Hall–Kier alpha value is -3.02. The first-order valence-corrected chi connectivity index (χ1v) is 8.90.